The maximum absolute atomic E-state index is 12.2. The van der Waals surface area contributed by atoms with Crippen LogP contribution in [0.1, 0.15) is 65.0 Å². The van der Waals surface area contributed by atoms with Crippen LogP contribution in [0.4, 0.5) is 0 Å². The number of amides is 2. The third kappa shape index (κ3) is 10.0. The van der Waals surface area contributed by atoms with Crippen LogP contribution in [0.25, 0.3) is 0 Å². The Kier molecular flexibility index (Phi) is 10.0. The number of methoxy groups -OCH3 is 1. The quantitative estimate of drug-likeness (QED) is 0.563. The van der Waals surface area contributed by atoms with E-state index in [-0.39, 0.29) is 37.6 Å². The highest BCUT2D eigenvalue weighted by molar-refractivity contribution is 5.87. The Morgan fingerprint density at radius 1 is 0.933 bits per heavy atom. The number of nitrogens with one attached hydrogen (secondary N) is 2. The van der Waals surface area contributed by atoms with Gasteiger partial charge in [0.15, 0.2) is 0 Å². The van der Waals surface area contributed by atoms with E-state index in [2.05, 4.69) is 15.4 Å². The van der Waals surface area contributed by atoms with Gasteiger partial charge >= 0.3 is 11.9 Å². The van der Waals surface area contributed by atoms with Gasteiger partial charge in [0.1, 0.15) is 11.6 Å². The topological polar surface area (TPSA) is 111 Å². The molecular weight excluding hydrogens is 388 g/mol. The van der Waals surface area contributed by atoms with Crippen LogP contribution < -0.4 is 10.6 Å². The van der Waals surface area contributed by atoms with Crippen molar-refractivity contribution in [3.63, 3.8) is 0 Å². The maximum Gasteiger partial charge on any atom is 0.328 e. The second kappa shape index (κ2) is 11.9. The van der Waals surface area contributed by atoms with E-state index in [1.54, 1.807) is 20.8 Å². The normalized spacial score (nSPS) is 13.0. The molecule has 0 fully saturated rings. The summed E-state index contributed by atoms with van der Waals surface area (Å²) in [5.74, 6) is -1.88. The van der Waals surface area contributed by atoms with Gasteiger partial charge in [-0.3, -0.25) is 14.4 Å². The summed E-state index contributed by atoms with van der Waals surface area (Å²) in [4.78, 5) is 48.1. The average Bonchev–Trinajstić information content (AvgIpc) is 2.68. The summed E-state index contributed by atoms with van der Waals surface area (Å²) in [6, 6.07) is 8.31. The summed E-state index contributed by atoms with van der Waals surface area (Å²) >= 11 is 0. The molecule has 0 spiro atoms. The molecule has 166 valence electrons. The van der Waals surface area contributed by atoms with Gasteiger partial charge in [0, 0.05) is 19.3 Å². The largest absolute Gasteiger partial charge is 0.467 e. The van der Waals surface area contributed by atoms with Crippen LogP contribution in [0.3, 0.4) is 0 Å². The molecule has 1 aromatic carbocycles. The summed E-state index contributed by atoms with van der Waals surface area (Å²) in [6.45, 7) is 7.09. The molecule has 0 aliphatic heterocycles. The van der Waals surface area contributed by atoms with Crippen molar-refractivity contribution >= 4 is 23.8 Å². The molecule has 2 atom stereocenters. The SMILES string of the molecule is COC(=O)[C@H](CCC(=O)OC(C)(C)C)NC(=O)CCC(=O)N[C@H](C)c1ccccc1. The van der Waals surface area contributed by atoms with E-state index in [1.807, 2.05) is 37.3 Å². The van der Waals surface area contributed by atoms with E-state index in [1.165, 1.54) is 7.11 Å². The van der Waals surface area contributed by atoms with Crippen molar-refractivity contribution in [1.29, 1.82) is 0 Å². The summed E-state index contributed by atoms with van der Waals surface area (Å²) in [6.07, 6.45) is -0.118. The molecule has 0 saturated carbocycles. The lowest BCUT2D eigenvalue weighted by Crippen LogP contribution is -2.42. The fourth-order valence-electron chi connectivity index (χ4n) is 2.68. The standard InChI is InChI=1S/C22H32N2O6/c1-15(16-9-7-6-8-10-16)23-18(25)12-13-19(26)24-17(21(28)29-5)11-14-20(27)30-22(2,3)4/h6-10,15,17H,11-14H2,1-5H3,(H,23,25)(H,24,26)/t15-,17+/m1/s1. The van der Waals surface area contributed by atoms with Crippen LogP contribution in [0, 0.1) is 0 Å². The van der Waals surface area contributed by atoms with Crippen molar-refractivity contribution in [1.82, 2.24) is 10.6 Å². The zero-order valence-corrected chi connectivity index (χ0v) is 18.3. The molecule has 8 heteroatoms. The predicted octanol–water partition coefficient (Wildman–Crippen LogP) is 2.42. The van der Waals surface area contributed by atoms with Gasteiger partial charge in [-0.1, -0.05) is 30.3 Å². The summed E-state index contributed by atoms with van der Waals surface area (Å²) in [7, 11) is 1.20. The van der Waals surface area contributed by atoms with E-state index < -0.39 is 29.5 Å². The first-order valence-electron chi connectivity index (χ1n) is 9.95. The number of carbonyl (C=O) groups excluding carboxylic acids is 4. The van der Waals surface area contributed by atoms with Gasteiger partial charge in [-0.2, -0.15) is 0 Å². The second-order valence-electron chi connectivity index (χ2n) is 7.97. The third-order valence-electron chi connectivity index (χ3n) is 4.13. The third-order valence-corrected chi connectivity index (χ3v) is 4.13. The number of carbonyl (C=O) groups is 4. The Morgan fingerprint density at radius 3 is 2.03 bits per heavy atom. The monoisotopic (exact) mass is 420 g/mol. The molecule has 2 amide bonds. The molecule has 2 N–H and O–H groups in total. The molecule has 30 heavy (non-hydrogen) atoms. The van der Waals surface area contributed by atoms with Gasteiger partial charge in [0.25, 0.3) is 0 Å². The van der Waals surface area contributed by atoms with Crippen LogP contribution in [-0.2, 0) is 28.7 Å². The van der Waals surface area contributed by atoms with Gasteiger partial charge in [-0.25, -0.2) is 4.79 Å². The number of esters is 2. The first-order valence-corrected chi connectivity index (χ1v) is 9.95. The highest BCUT2D eigenvalue weighted by atomic mass is 16.6. The highest BCUT2D eigenvalue weighted by Gasteiger charge is 2.24. The number of ether oxygens (including phenoxy) is 2. The van der Waals surface area contributed by atoms with Crippen LogP contribution in [0.5, 0.6) is 0 Å². The van der Waals surface area contributed by atoms with Crippen molar-refractivity contribution in [3.05, 3.63) is 35.9 Å². The molecule has 0 aliphatic rings. The number of rotatable bonds is 10. The smallest absolute Gasteiger partial charge is 0.328 e. The Bertz CT molecular complexity index is 727. The summed E-state index contributed by atoms with van der Waals surface area (Å²) in [5.41, 5.74) is 0.328. The van der Waals surface area contributed by atoms with E-state index in [0.717, 1.165) is 5.56 Å². The van der Waals surface area contributed by atoms with E-state index in [9.17, 15) is 19.2 Å². The summed E-state index contributed by atoms with van der Waals surface area (Å²) < 4.78 is 9.89. The first-order chi connectivity index (χ1) is 14.0. The lowest BCUT2D eigenvalue weighted by atomic mass is 10.1. The van der Waals surface area contributed by atoms with Crippen molar-refractivity contribution in [2.45, 2.75) is 71.1 Å². The Balaban J connectivity index is 2.48. The minimum atomic E-state index is -0.985. The minimum absolute atomic E-state index is 0.0248. The molecular formula is C22H32N2O6. The lowest BCUT2D eigenvalue weighted by molar-refractivity contribution is -0.155. The molecule has 0 bridgehead atoms. The molecule has 0 radical (unpaired) electrons. The fourth-order valence-corrected chi connectivity index (χ4v) is 2.68. The van der Waals surface area contributed by atoms with Crippen LogP contribution in [0.2, 0.25) is 0 Å². The van der Waals surface area contributed by atoms with Crippen molar-refractivity contribution in [3.8, 4) is 0 Å². The summed E-state index contributed by atoms with van der Waals surface area (Å²) in [5, 5.41) is 5.35. The lowest BCUT2D eigenvalue weighted by Gasteiger charge is -2.21. The number of benzene rings is 1. The highest BCUT2D eigenvalue weighted by Crippen LogP contribution is 2.12. The Hall–Kier alpha value is -2.90. The fraction of sp³-hybridized carbons (Fsp3) is 0.545. The Morgan fingerprint density at radius 2 is 1.50 bits per heavy atom. The van der Waals surface area contributed by atoms with E-state index >= 15 is 0 Å². The van der Waals surface area contributed by atoms with E-state index in [0.29, 0.717) is 0 Å². The van der Waals surface area contributed by atoms with Gasteiger partial charge in [0.05, 0.1) is 13.2 Å². The number of hydrogen-bond acceptors (Lipinski definition) is 6. The van der Waals surface area contributed by atoms with Crippen LogP contribution in [-0.4, -0.2) is 42.5 Å². The van der Waals surface area contributed by atoms with Crippen LogP contribution >= 0.6 is 0 Å². The van der Waals surface area contributed by atoms with Gasteiger partial charge in [-0.15, -0.1) is 0 Å². The molecule has 0 unspecified atom stereocenters. The van der Waals surface area contributed by atoms with Crippen molar-refractivity contribution in [2.24, 2.45) is 0 Å². The second-order valence-corrected chi connectivity index (χ2v) is 7.97. The zero-order valence-electron chi connectivity index (χ0n) is 18.3. The molecule has 1 rings (SSSR count). The van der Waals surface area contributed by atoms with Crippen molar-refractivity contribution < 1.29 is 28.7 Å². The molecule has 0 aromatic heterocycles. The Labute approximate surface area is 177 Å². The minimum Gasteiger partial charge on any atom is -0.467 e. The zero-order chi connectivity index (χ0) is 22.7. The van der Waals surface area contributed by atoms with Gasteiger partial charge in [-0.05, 0) is 39.7 Å². The van der Waals surface area contributed by atoms with E-state index in [4.69, 9.17) is 4.74 Å². The first kappa shape index (κ1) is 25.1. The number of hydrogen-bond donors (Lipinski definition) is 2. The van der Waals surface area contributed by atoms with Gasteiger partial charge in [0.2, 0.25) is 11.8 Å². The molecule has 1 aromatic rings. The molecule has 8 nitrogen and oxygen atoms in total. The molecule has 0 saturated heterocycles. The maximum atomic E-state index is 12.2. The molecule has 0 aliphatic carbocycles. The molecule has 0 heterocycles. The van der Waals surface area contributed by atoms with Crippen LogP contribution in [0.15, 0.2) is 30.3 Å². The average molecular weight is 421 g/mol. The van der Waals surface area contributed by atoms with Gasteiger partial charge < -0.3 is 20.1 Å². The predicted molar refractivity (Wildman–Crippen MR) is 111 cm³/mol. The van der Waals surface area contributed by atoms with Crippen molar-refractivity contribution in [2.75, 3.05) is 7.11 Å².